The topological polar surface area (TPSA) is 132 Å². The first kappa shape index (κ1) is 22.8. The van der Waals surface area contributed by atoms with E-state index in [9.17, 15) is 23.3 Å². The molecule has 0 unspecified atom stereocenters. The lowest BCUT2D eigenvalue weighted by atomic mass is 10.2. The van der Waals surface area contributed by atoms with Crippen LogP contribution in [0.3, 0.4) is 0 Å². The predicted octanol–water partition coefficient (Wildman–Crippen LogP) is 2.28. The van der Waals surface area contributed by atoms with Gasteiger partial charge in [-0.05, 0) is 25.1 Å². The standard InChI is InChI=1S/C20H19ClN6O5S/c1-14-19(22-23-26(14)15-5-4-6-16(13-15)27(29)30)20(28)24-9-11-25(12-10-24)33(31,32)18-8-3-2-7-17(18)21/h2-8,13H,9-12H2,1H3. The van der Waals surface area contributed by atoms with E-state index in [4.69, 9.17) is 11.6 Å². The fraction of sp³-hybridized carbons (Fsp3) is 0.250. The van der Waals surface area contributed by atoms with Crippen LogP contribution in [0.15, 0.2) is 53.4 Å². The molecular formula is C20H19ClN6O5S. The van der Waals surface area contributed by atoms with Crippen molar-refractivity contribution in [2.45, 2.75) is 11.8 Å². The van der Waals surface area contributed by atoms with Crippen molar-refractivity contribution in [3.63, 3.8) is 0 Å². The molecule has 2 heterocycles. The highest BCUT2D eigenvalue weighted by Crippen LogP contribution is 2.25. The summed E-state index contributed by atoms with van der Waals surface area (Å²) in [7, 11) is -3.78. The van der Waals surface area contributed by atoms with Gasteiger partial charge in [0, 0.05) is 38.3 Å². The SMILES string of the molecule is Cc1c(C(=O)N2CCN(S(=O)(=O)c3ccccc3Cl)CC2)nnn1-c1cccc([N+](=O)[O-])c1. The second kappa shape index (κ2) is 8.89. The number of carbonyl (C=O) groups is 1. The molecular weight excluding hydrogens is 472 g/mol. The highest BCUT2D eigenvalue weighted by Gasteiger charge is 2.33. The van der Waals surface area contributed by atoms with E-state index < -0.39 is 14.9 Å². The zero-order valence-corrected chi connectivity index (χ0v) is 19.0. The second-order valence-electron chi connectivity index (χ2n) is 7.34. The van der Waals surface area contributed by atoms with E-state index in [1.807, 2.05) is 0 Å². The third-order valence-corrected chi connectivity index (χ3v) is 7.76. The van der Waals surface area contributed by atoms with E-state index in [0.717, 1.165) is 0 Å². The first-order valence-corrected chi connectivity index (χ1v) is 11.7. The molecule has 0 radical (unpaired) electrons. The Balaban J connectivity index is 1.49. The van der Waals surface area contributed by atoms with Crippen LogP contribution in [0.2, 0.25) is 5.02 Å². The van der Waals surface area contributed by atoms with Crippen molar-refractivity contribution in [1.29, 1.82) is 0 Å². The van der Waals surface area contributed by atoms with Gasteiger partial charge in [-0.3, -0.25) is 14.9 Å². The third kappa shape index (κ3) is 4.32. The van der Waals surface area contributed by atoms with Gasteiger partial charge in [0.2, 0.25) is 10.0 Å². The average molecular weight is 491 g/mol. The van der Waals surface area contributed by atoms with Crippen molar-refractivity contribution >= 4 is 33.2 Å². The first-order valence-electron chi connectivity index (χ1n) is 9.91. The lowest BCUT2D eigenvalue weighted by Crippen LogP contribution is -2.50. The Morgan fingerprint density at radius 2 is 1.79 bits per heavy atom. The normalized spacial score (nSPS) is 14.9. The molecule has 1 saturated heterocycles. The van der Waals surface area contributed by atoms with Gasteiger partial charge in [0.05, 0.1) is 21.3 Å². The van der Waals surface area contributed by atoms with Gasteiger partial charge >= 0.3 is 0 Å². The number of piperazine rings is 1. The summed E-state index contributed by atoms with van der Waals surface area (Å²) in [5, 5.41) is 19.1. The monoisotopic (exact) mass is 490 g/mol. The third-order valence-electron chi connectivity index (χ3n) is 5.36. The molecule has 1 aromatic heterocycles. The van der Waals surface area contributed by atoms with Gasteiger partial charge in [0.1, 0.15) is 4.90 Å². The number of nitrogens with zero attached hydrogens (tertiary/aromatic N) is 6. The molecule has 0 aliphatic carbocycles. The smallest absolute Gasteiger partial charge is 0.276 e. The molecule has 3 aromatic rings. The molecule has 2 aromatic carbocycles. The zero-order valence-electron chi connectivity index (χ0n) is 17.5. The van der Waals surface area contributed by atoms with Crippen LogP contribution in [0.4, 0.5) is 5.69 Å². The lowest BCUT2D eigenvalue weighted by Gasteiger charge is -2.33. The number of nitro groups is 1. The minimum Gasteiger partial charge on any atom is -0.335 e. The molecule has 0 N–H and O–H groups in total. The number of sulfonamides is 1. The van der Waals surface area contributed by atoms with Crippen LogP contribution in [0.25, 0.3) is 5.69 Å². The van der Waals surface area contributed by atoms with E-state index in [2.05, 4.69) is 10.3 Å². The van der Waals surface area contributed by atoms with Crippen LogP contribution in [-0.4, -0.2) is 69.6 Å². The maximum Gasteiger partial charge on any atom is 0.276 e. The van der Waals surface area contributed by atoms with Gasteiger partial charge in [-0.25, -0.2) is 13.1 Å². The molecule has 1 aliphatic heterocycles. The van der Waals surface area contributed by atoms with E-state index in [-0.39, 0.29) is 53.4 Å². The van der Waals surface area contributed by atoms with Crippen LogP contribution in [0.1, 0.15) is 16.2 Å². The van der Waals surface area contributed by atoms with Crippen molar-refractivity contribution in [1.82, 2.24) is 24.2 Å². The van der Waals surface area contributed by atoms with Gasteiger partial charge in [0.15, 0.2) is 5.69 Å². The molecule has 1 fully saturated rings. The van der Waals surface area contributed by atoms with Crippen molar-refractivity contribution in [2.75, 3.05) is 26.2 Å². The molecule has 0 atom stereocenters. The Kier molecular flexibility index (Phi) is 6.15. The summed E-state index contributed by atoms with van der Waals surface area (Å²) in [6.45, 7) is 2.20. The first-order chi connectivity index (χ1) is 15.7. The molecule has 1 aliphatic rings. The van der Waals surface area contributed by atoms with Crippen molar-refractivity contribution < 1.29 is 18.1 Å². The summed E-state index contributed by atoms with van der Waals surface area (Å²) < 4.78 is 28.5. The maximum absolute atomic E-state index is 13.0. The number of aromatic nitrogens is 3. The van der Waals surface area contributed by atoms with E-state index >= 15 is 0 Å². The van der Waals surface area contributed by atoms with Crippen LogP contribution in [-0.2, 0) is 10.0 Å². The number of rotatable bonds is 5. The summed E-state index contributed by atoms with van der Waals surface area (Å²) in [6.07, 6.45) is 0. The molecule has 4 rings (SSSR count). The Morgan fingerprint density at radius 1 is 1.09 bits per heavy atom. The van der Waals surface area contributed by atoms with Gasteiger partial charge in [-0.1, -0.05) is 35.0 Å². The summed E-state index contributed by atoms with van der Waals surface area (Å²) >= 11 is 6.06. The number of hydrogen-bond donors (Lipinski definition) is 0. The Hall–Kier alpha value is -3.35. The van der Waals surface area contributed by atoms with E-state index in [0.29, 0.717) is 11.4 Å². The minimum absolute atomic E-state index is 0.0298. The Bertz CT molecular complexity index is 1330. The Morgan fingerprint density at radius 3 is 2.45 bits per heavy atom. The quantitative estimate of drug-likeness (QED) is 0.396. The average Bonchev–Trinajstić information content (AvgIpc) is 3.20. The van der Waals surface area contributed by atoms with E-state index in [1.165, 1.54) is 44.2 Å². The molecule has 13 heteroatoms. The van der Waals surface area contributed by atoms with Crippen LogP contribution >= 0.6 is 11.6 Å². The number of halogens is 1. The molecule has 11 nitrogen and oxygen atoms in total. The van der Waals surface area contributed by atoms with Gasteiger partial charge in [-0.2, -0.15) is 4.31 Å². The summed E-state index contributed by atoms with van der Waals surface area (Å²) in [4.78, 5) is 25.1. The largest absolute Gasteiger partial charge is 0.335 e. The Labute approximate surface area is 194 Å². The van der Waals surface area contributed by atoms with Crippen LogP contribution in [0, 0.1) is 17.0 Å². The molecule has 0 bridgehead atoms. The molecule has 0 spiro atoms. The fourth-order valence-electron chi connectivity index (χ4n) is 3.58. The predicted molar refractivity (Wildman–Crippen MR) is 119 cm³/mol. The summed E-state index contributed by atoms with van der Waals surface area (Å²) in [5.41, 5.74) is 0.825. The van der Waals surface area contributed by atoms with Gasteiger partial charge in [0.25, 0.3) is 11.6 Å². The molecule has 0 saturated carbocycles. The second-order valence-corrected chi connectivity index (χ2v) is 9.65. The molecule has 33 heavy (non-hydrogen) atoms. The summed E-state index contributed by atoms with van der Waals surface area (Å²) in [5.74, 6) is -0.390. The number of benzene rings is 2. The van der Waals surface area contributed by atoms with E-state index in [1.54, 1.807) is 25.1 Å². The number of nitro benzene ring substituents is 1. The highest BCUT2D eigenvalue weighted by molar-refractivity contribution is 7.89. The number of hydrogen-bond acceptors (Lipinski definition) is 7. The van der Waals surface area contributed by atoms with Crippen molar-refractivity contribution in [3.05, 3.63) is 75.1 Å². The van der Waals surface area contributed by atoms with Crippen LogP contribution < -0.4 is 0 Å². The molecule has 172 valence electrons. The summed E-state index contributed by atoms with van der Waals surface area (Å²) in [6, 6.07) is 12.1. The fourth-order valence-corrected chi connectivity index (χ4v) is 5.50. The number of carbonyl (C=O) groups excluding carboxylic acids is 1. The van der Waals surface area contributed by atoms with Crippen LogP contribution in [0.5, 0.6) is 0 Å². The molecule has 1 amide bonds. The van der Waals surface area contributed by atoms with Gasteiger partial charge in [-0.15, -0.1) is 5.10 Å². The lowest BCUT2D eigenvalue weighted by molar-refractivity contribution is -0.384. The van der Waals surface area contributed by atoms with Gasteiger partial charge < -0.3 is 4.90 Å². The minimum atomic E-state index is -3.78. The maximum atomic E-state index is 13.0. The van der Waals surface area contributed by atoms with Crippen molar-refractivity contribution in [2.24, 2.45) is 0 Å². The van der Waals surface area contributed by atoms with Crippen molar-refractivity contribution in [3.8, 4) is 5.69 Å². The zero-order chi connectivity index (χ0) is 23.8. The number of non-ortho nitro benzene ring substituents is 1. The highest BCUT2D eigenvalue weighted by atomic mass is 35.5. The number of amides is 1.